The zero-order valence-electron chi connectivity index (χ0n) is 12.1. The summed E-state index contributed by atoms with van der Waals surface area (Å²) in [6, 6.07) is 16.2. The molecule has 0 spiro atoms. The Labute approximate surface area is 144 Å². The van der Waals surface area contributed by atoms with E-state index < -0.39 is 0 Å². The highest BCUT2D eigenvalue weighted by molar-refractivity contribution is 9.10. The van der Waals surface area contributed by atoms with Crippen molar-refractivity contribution in [3.63, 3.8) is 0 Å². The highest BCUT2D eigenvalue weighted by Gasteiger charge is 2.15. The third kappa shape index (κ3) is 4.02. The third-order valence-electron chi connectivity index (χ3n) is 3.69. The van der Waals surface area contributed by atoms with E-state index in [4.69, 9.17) is 11.6 Å². The van der Waals surface area contributed by atoms with Gasteiger partial charge >= 0.3 is 0 Å². The molecule has 1 saturated heterocycles. The number of nitrogens with zero attached hydrogens (tertiary/aromatic N) is 3. The lowest BCUT2D eigenvalue weighted by Crippen LogP contribution is -2.44. The first-order valence-corrected chi connectivity index (χ1v) is 8.43. The van der Waals surface area contributed by atoms with Crippen molar-refractivity contribution in [2.24, 2.45) is 5.10 Å². The van der Waals surface area contributed by atoms with Gasteiger partial charge in [-0.3, -0.25) is 5.01 Å². The number of piperazine rings is 1. The molecule has 0 N–H and O–H groups in total. The maximum Gasteiger partial charge on any atom is 0.0542 e. The Balaban J connectivity index is 1.55. The molecule has 3 rings (SSSR count). The molecule has 3 nitrogen and oxygen atoms in total. The first-order chi connectivity index (χ1) is 10.7. The summed E-state index contributed by atoms with van der Waals surface area (Å²) in [5, 5.41) is 7.47. The SMILES string of the molecule is Clc1ccc(N2CCN(/N=C/c3ccc(Br)cc3)CC2)cc1. The van der Waals surface area contributed by atoms with Crippen molar-refractivity contribution >= 4 is 39.4 Å². The smallest absolute Gasteiger partial charge is 0.0542 e. The summed E-state index contributed by atoms with van der Waals surface area (Å²) in [5.74, 6) is 0. The van der Waals surface area contributed by atoms with E-state index in [1.807, 2.05) is 30.5 Å². The third-order valence-corrected chi connectivity index (χ3v) is 4.47. The molecule has 2 aromatic carbocycles. The number of rotatable bonds is 3. The Morgan fingerprint density at radius 3 is 2.18 bits per heavy atom. The van der Waals surface area contributed by atoms with Crippen LogP contribution in [0.3, 0.4) is 0 Å². The van der Waals surface area contributed by atoms with Crippen LogP contribution >= 0.6 is 27.5 Å². The Hall–Kier alpha value is -1.52. The van der Waals surface area contributed by atoms with Gasteiger partial charge < -0.3 is 4.90 Å². The molecule has 1 aliphatic heterocycles. The average Bonchev–Trinajstić information content (AvgIpc) is 2.56. The zero-order chi connectivity index (χ0) is 15.4. The molecule has 1 heterocycles. The predicted octanol–water partition coefficient (Wildman–Crippen LogP) is 4.26. The topological polar surface area (TPSA) is 18.8 Å². The predicted molar refractivity (Wildman–Crippen MR) is 97.0 cm³/mol. The van der Waals surface area contributed by atoms with Gasteiger partial charge in [0.15, 0.2) is 0 Å². The highest BCUT2D eigenvalue weighted by atomic mass is 79.9. The van der Waals surface area contributed by atoms with Gasteiger partial charge in [0.2, 0.25) is 0 Å². The van der Waals surface area contributed by atoms with Gasteiger partial charge in [0, 0.05) is 28.3 Å². The molecule has 114 valence electrons. The van der Waals surface area contributed by atoms with Gasteiger partial charge in [0.25, 0.3) is 0 Å². The Bertz CT molecular complexity index is 632. The van der Waals surface area contributed by atoms with Crippen molar-refractivity contribution in [1.29, 1.82) is 0 Å². The lowest BCUT2D eigenvalue weighted by Gasteiger charge is -2.34. The summed E-state index contributed by atoms with van der Waals surface area (Å²) in [6.07, 6.45) is 1.92. The minimum atomic E-state index is 0.779. The molecule has 5 heteroatoms. The number of hydrogen-bond acceptors (Lipinski definition) is 3. The van der Waals surface area contributed by atoms with Crippen LogP contribution in [0, 0.1) is 0 Å². The summed E-state index contributed by atoms with van der Waals surface area (Å²) in [7, 11) is 0. The number of anilines is 1. The van der Waals surface area contributed by atoms with Crippen molar-refractivity contribution in [2.75, 3.05) is 31.1 Å². The van der Waals surface area contributed by atoms with E-state index in [2.05, 4.69) is 55.2 Å². The fraction of sp³-hybridized carbons (Fsp3) is 0.235. The minimum Gasteiger partial charge on any atom is -0.368 e. The maximum absolute atomic E-state index is 5.93. The molecule has 0 amide bonds. The van der Waals surface area contributed by atoms with E-state index in [9.17, 15) is 0 Å². The van der Waals surface area contributed by atoms with Crippen molar-refractivity contribution in [3.8, 4) is 0 Å². The summed E-state index contributed by atoms with van der Waals surface area (Å²) in [6.45, 7) is 3.80. The number of hydrazone groups is 1. The molecule has 1 aliphatic rings. The van der Waals surface area contributed by atoms with Crippen molar-refractivity contribution < 1.29 is 0 Å². The quantitative estimate of drug-likeness (QED) is 0.743. The van der Waals surface area contributed by atoms with Crippen LogP contribution in [0.15, 0.2) is 58.1 Å². The van der Waals surface area contributed by atoms with E-state index in [1.165, 1.54) is 5.69 Å². The van der Waals surface area contributed by atoms with E-state index in [0.717, 1.165) is 41.2 Å². The first kappa shape index (κ1) is 15.4. The van der Waals surface area contributed by atoms with Crippen LogP contribution in [0.1, 0.15) is 5.56 Å². The van der Waals surface area contributed by atoms with E-state index >= 15 is 0 Å². The second-order valence-electron chi connectivity index (χ2n) is 5.21. The molecule has 0 saturated carbocycles. The molecule has 0 bridgehead atoms. The van der Waals surface area contributed by atoms with Crippen molar-refractivity contribution in [1.82, 2.24) is 5.01 Å². The Morgan fingerprint density at radius 2 is 1.55 bits per heavy atom. The number of benzene rings is 2. The van der Waals surface area contributed by atoms with Crippen molar-refractivity contribution in [3.05, 3.63) is 63.6 Å². The second kappa shape index (κ2) is 7.16. The Morgan fingerprint density at radius 1 is 0.909 bits per heavy atom. The van der Waals surface area contributed by atoms with Gasteiger partial charge in [0.1, 0.15) is 0 Å². The highest BCUT2D eigenvalue weighted by Crippen LogP contribution is 2.19. The van der Waals surface area contributed by atoms with Crippen LogP contribution in [0.4, 0.5) is 5.69 Å². The van der Waals surface area contributed by atoms with Crippen LogP contribution in [0.2, 0.25) is 5.02 Å². The van der Waals surface area contributed by atoms with Gasteiger partial charge in [-0.05, 0) is 42.0 Å². The molecular weight excluding hydrogens is 362 g/mol. The second-order valence-corrected chi connectivity index (χ2v) is 6.57. The lowest BCUT2D eigenvalue weighted by molar-refractivity contribution is 0.272. The van der Waals surface area contributed by atoms with Gasteiger partial charge in [-0.25, -0.2) is 0 Å². The summed E-state index contributed by atoms with van der Waals surface area (Å²) >= 11 is 9.37. The molecular formula is C17H17BrClN3. The van der Waals surface area contributed by atoms with Crippen LogP contribution in [-0.4, -0.2) is 37.4 Å². The standard InChI is InChI=1S/C17H17BrClN3/c18-15-3-1-14(2-4-15)13-20-22-11-9-21(10-12-22)17-7-5-16(19)6-8-17/h1-8,13H,9-12H2/b20-13+. The summed E-state index contributed by atoms with van der Waals surface area (Å²) in [4.78, 5) is 2.36. The summed E-state index contributed by atoms with van der Waals surface area (Å²) in [5.41, 5.74) is 2.34. The molecule has 0 aromatic heterocycles. The molecule has 0 unspecified atom stereocenters. The molecule has 1 fully saturated rings. The van der Waals surface area contributed by atoms with Crippen molar-refractivity contribution in [2.45, 2.75) is 0 Å². The maximum atomic E-state index is 5.93. The van der Waals surface area contributed by atoms with Crippen LogP contribution in [0.25, 0.3) is 0 Å². The van der Waals surface area contributed by atoms with E-state index in [1.54, 1.807) is 0 Å². The monoisotopic (exact) mass is 377 g/mol. The van der Waals surface area contributed by atoms with E-state index in [0.29, 0.717) is 0 Å². The molecule has 2 aromatic rings. The van der Waals surface area contributed by atoms with Gasteiger partial charge in [-0.15, -0.1) is 0 Å². The fourth-order valence-electron chi connectivity index (χ4n) is 2.42. The molecule has 0 radical (unpaired) electrons. The van der Waals surface area contributed by atoms with Gasteiger partial charge in [-0.1, -0.05) is 39.7 Å². The normalized spacial score (nSPS) is 15.5. The average molecular weight is 379 g/mol. The number of hydrogen-bond donors (Lipinski definition) is 0. The minimum absolute atomic E-state index is 0.779. The largest absolute Gasteiger partial charge is 0.368 e. The van der Waals surface area contributed by atoms with E-state index in [-0.39, 0.29) is 0 Å². The van der Waals surface area contributed by atoms with Crippen LogP contribution in [0.5, 0.6) is 0 Å². The Kier molecular flexibility index (Phi) is 5.01. The fourth-order valence-corrected chi connectivity index (χ4v) is 2.81. The first-order valence-electron chi connectivity index (χ1n) is 7.26. The van der Waals surface area contributed by atoms with Crippen LogP contribution < -0.4 is 4.90 Å². The molecule has 22 heavy (non-hydrogen) atoms. The van der Waals surface area contributed by atoms with Gasteiger partial charge in [0.05, 0.1) is 19.3 Å². The summed E-state index contributed by atoms with van der Waals surface area (Å²) < 4.78 is 1.08. The molecule has 0 aliphatic carbocycles. The lowest BCUT2D eigenvalue weighted by atomic mass is 10.2. The molecule has 0 atom stereocenters. The van der Waals surface area contributed by atoms with Crippen LogP contribution in [-0.2, 0) is 0 Å². The van der Waals surface area contributed by atoms with Gasteiger partial charge in [-0.2, -0.15) is 5.10 Å². The zero-order valence-corrected chi connectivity index (χ0v) is 14.5. The number of halogens is 2.